The van der Waals surface area contributed by atoms with Crippen molar-refractivity contribution in [1.29, 1.82) is 5.26 Å². The zero-order valence-electron chi connectivity index (χ0n) is 10.1. The normalized spacial score (nSPS) is 19.1. The van der Waals surface area contributed by atoms with Gasteiger partial charge >= 0.3 is 0 Å². The van der Waals surface area contributed by atoms with Crippen molar-refractivity contribution < 1.29 is 4.79 Å². The van der Waals surface area contributed by atoms with Gasteiger partial charge in [-0.1, -0.05) is 6.07 Å². The quantitative estimate of drug-likeness (QED) is 0.780. The Bertz CT molecular complexity index is 742. The maximum atomic E-state index is 11.2. The average Bonchev–Trinajstić information content (AvgIpc) is 2.76. The highest BCUT2D eigenvalue weighted by molar-refractivity contribution is 7.71. The second kappa shape index (κ2) is 4.52. The summed E-state index contributed by atoms with van der Waals surface area (Å²) >= 11 is 5.36. The summed E-state index contributed by atoms with van der Waals surface area (Å²) in [7, 11) is 0. The standard InChI is InChI=1S/C13H12N4OS/c14-6-8-2-1-3-10-12(8)16-13(19)17(10)9-4-5-11(18)15-7-9/h1-3,9H,4-5,7H2,(H,15,18)(H,16,19). The third-order valence-electron chi connectivity index (χ3n) is 3.48. The van der Waals surface area contributed by atoms with Gasteiger partial charge in [-0.3, -0.25) is 4.79 Å². The van der Waals surface area contributed by atoms with Crippen molar-refractivity contribution in [3.05, 3.63) is 28.5 Å². The molecule has 1 unspecified atom stereocenters. The number of hydrogen-bond donors (Lipinski definition) is 2. The van der Waals surface area contributed by atoms with E-state index in [4.69, 9.17) is 17.5 Å². The number of fused-ring (bicyclic) bond motifs is 1. The molecule has 3 rings (SSSR count). The third kappa shape index (κ3) is 1.92. The number of nitrogens with one attached hydrogen (secondary N) is 2. The molecule has 6 heteroatoms. The number of aromatic amines is 1. The molecule has 2 N–H and O–H groups in total. The van der Waals surface area contributed by atoms with Crippen molar-refractivity contribution in [2.75, 3.05) is 6.54 Å². The van der Waals surface area contributed by atoms with E-state index in [1.807, 2.05) is 16.7 Å². The first-order valence-electron chi connectivity index (χ1n) is 6.10. The van der Waals surface area contributed by atoms with Crippen LogP contribution in [0.1, 0.15) is 24.4 Å². The van der Waals surface area contributed by atoms with E-state index in [-0.39, 0.29) is 11.9 Å². The number of piperidine rings is 1. The second-order valence-corrected chi connectivity index (χ2v) is 4.99. The molecule has 1 aromatic heterocycles. The number of H-pyrrole nitrogens is 1. The lowest BCUT2D eigenvalue weighted by molar-refractivity contribution is -0.122. The van der Waals surface area contributed by atoms with E-state index in [9.17, 15) is 4.79 Å². The summed E-state index contributed by atoms with van der Waals surface area (Å²) in [5, 5.41) is 12.0. The molecule has 0 saturated carbocycles. The minimum Gasteiger partial charge on any atom is -0.354 e. The van der Waals surface area contributed by atoms with Gasteiger partial charge in [-0.2, -0.15) is 5.26 Å². The molecule has 2 aromatic rings. The minimum atomic E-state index is 0.0836. The van der Waals surface area contributed by atoms with Gasteiger partial charge in [0.2, 0.25) is 5.91 Å². The van der Waals surface area contributed by atoms with Crippen molar-refractivity contribution in [1.82, 2.24) is 14.9 Å². The van der Waals surface area contributed by atoms with Crippen LogP contribution in [0.4, 0.5) is 0 Å². The molecule has 0 radical (unpaired) electrons. The number of amides is 1. The molecule has 0 aliphatic carbocycles. The van der Waals surface area contributed by atoms with E-state index in [2.05, 4.69) is 16.4 Å². The number of benzene rings is 1. The first-order chi connectivity index (χ1) is 9.20. The number of aromatic nitrogens is 2. The number of carbonyl (C=O) groups excluding carboxylic acids is 1. The highest BCUT2D eigenvalue weighted by atomic mass is 32.1. The van der Waals surface area contributed by atoms with Gasteiger partial charge in [-0.05, 0) is 30.8 Å². The smallest absolute Gasteiger partial charge is 0.220 e. The maximum absolute atomic E-state index is 11.2. The van der Waals surface area contributed by atoms with E-state index in [0.717, 1.165) is 17.5 Å². The van der Waals surface area contributed by atoms with Crippen LogP contribution in [0.3, 0.4) is 0 Å². The Hall–Kier alpha value is -2.13. The number of nitrogens with zero attached hydrogens (tertiary/aromatic N) is 2. The van der Waals surface area contributed by atoms with Gasteiger partial charge in [0.15, 0.2) is 4.77 Å². The van der Waals surface area contributed by atoms with Gasteiger partial charge < -0.3 is 14.9 Å². The lowest BCUT2D eigenvalue weighted by atomic mass is 10.1. The number of rotatable bonds is 1. The molecule has 1 aromatic carbocycles. The summed E-state index contributed by atoms with van der Waals surface area (Å²) in [5.74, 6) is 0.0836. The summed E-state index contributed by atoms with van der Waals surface area (Å²) in [4.78, 5) is 14.3. The fourth-order valence-corrected chi connectivity index (χ4v) is 2.89. The molecule has 1 amide bonds. The van der Waals surface area contributed by atoms with E-state index in [1.54, 1.807) is 6.07 Å². The fraction of sp³-hybridized carbons (Fsp3) is 0.308. The van der Waals surface area contributed by atoms with Crippen molar-refractivity contribution in [2.24, 2.45) is 0 Å². The van der Waals surface area contributed by atoms with Crippen molar-refractivity contribution in [2.45, 2.75) is 18.9 Å². The lowest BCUT2D eigenvalue weighted by Gasteiger charge is -2.24. The number of nitriles is 1. The molecular formula is C13H12N4OS. The van der Waals surface area contributed by atoms with Gasteiger partial charge in [-0.25, -0.2) is 0 Å². The lowest BCUT2D eigenvalue weighted by Crippen LogP contribution is -2.36. The van der Waals surface area contributed by atoms with Crippen molar-refractivity contribution in [3.8, 4) is 6.07 Å². The zero-order valence-corrected chi connectivity index (χ0v) is 11.0. The molecule has 1 aliphatic heterocycles. The summed E-state index contributed by atoms with van der Waals surface area (Å²) < 4.78 is 2.60. The van der Waals surface area contributed by atoms with Gasteiger partial charge in [-0.15, -0.1) is 0 Å². The number of carbonyl (C=O) groups is 1. The zero-order chi connectivity index (χ0) is 13.4. The van der Waals surface area contributed by atoms with Crippen LogP contribution < -0.4 is 5.32 Å². The first-order valence-corrected chi connectivity index (χ1v) is 6.51. The fourth-order valence-electron chi connectivity index (χ4n) is 2.54. The van der Waals surface area contributed by atoms with Gasteiger partial charge in [0, 0.05) is 13.0 Å². The highest BCUT2D eigenvalue weighted by Gasteiger charge is 2.22. The van der Waals surface area contributed by atoms with Crippen LogP contribution >= 0.6 is 12.2 Å². The molecule has 0 spiro atoms. The molecule has 1 saturated heterocycles. The Kier molecular flexibility index (Phi) is 2.84. The number of imidazole rings is 1. The Morgan fingerprint density at radius 3 is 3.00 bits per heavy atom. The van der Waals surface area contributed by atoms with E-state index in [0.29, 0.717) is 23.3 Å². The van der Waals surface area contributed by atoms with Crippen LogP contribution in [0.5, 0.6) is 0 Å². The van der Waals surface area contributed by atoms with Crippen LogP contribution in [0.15, 0.2) is 18.2 Å². The third-order valence-corrected chi connectivity index (χ3v) is 3.78. The molecule has 19 heavy (non-hydrogen) atoms. The monoisotopic (exact) mass is 272 g/mol. The molecule has 2 heterocycles. The summed E-state index contributed by atoms with van der Waals surface area (Å²) in [6.45, 7) is 0.580. The second-order valence-electron chi connectivity index (χ2n) is 4.61. The predicted octanol–water partition coefficient (Wildman–Crippen LogP) is 2.02. The van der Waals surface area contributed by atoms with Crippen LogP contribution in [0.2, 0.25) is 0 Å². The van der Waals surface area contributed by atoms with Gasteiger partial charge in [0.1, 0.15) is 6.07 Å². The van der Waals surface area contributed by atoms with Crippen molar-refractivity contribution >= 4 is 29.2 Å². The molecular weight excluding hydrogens is 260 g/mol. The van der Waals surface area contributed by atoms with Crippen LogP contribution in [-0.4, -0.2) is 22.0 Å². The molecule has 5 nitrogen and oxygen atoms in total. The maximum Gasteiger partial charge on any atom is 0.220 e. The largest absolute Gasteiger partial charge is 0.354 e. The Balaban J connectivity index is 2.14. The van der Waals surface area contributed by atoms with Crippen LogP contribution in [0.25, 0.3) is 11.0 Å². The summed E-state index contributed by atoms with van der Waals surface area (Å²) in [5.41, 5.74) is 2.28. The molecule has 0 bridgehead atoms. The molecule has 1 aliphatic rings. The molecule has 1 atom stereocenters. The number of para-hydroxylation sites is 1. The molecule has 96 valence electrons. The Morgan fingerprint density at radius 1 is 1.47 bits per heavy atom. The minimum absolute atomic E-state index is 0.0836. The molecule has 1 fully saturated rings. The van der Waals surface area contributed by atoms with Gasteiger partial charge in [0.05, 0.1) is 22.6 Å². The topological polar surface area (TPSA) is 73.6 Å². The van der Waals surface area contributed by atoms with Crippen molar-refractivity contribution in [3.63, 3.8) is 0 Å². The summed E-state index contributed by atoms with van der Waals surface area (Å²) in [6, 6.07) is 7.86. The first kappa shape index (κ1) is 11.9. The Morgan fingerprint density at radius 2 is 2.32 bits per heavy atom. The van der Waals surface area contributed by atoms with E-state index >= 15 is 0 Å². The van der Waals surface area contributed by atoms with E-state index in [1.165, 1.54) is 0 Å². The predicted molar refractivity (Wildman–Crippen MR) is 73.1 cm³/mol. The van der Waals surface area contributed by atoms with Gasteiger partial charge in [0.25, 0.3) is 0 Å². The van der Waals surface area contributed by atoms with Crippen LogP contribution in [0, 0.1) is 16.1 Å². The highest BCUT2D eigenvalue weighted by Crippen LogP contribution is 2.25. The van der Waals surface area contributed by atoms with Crippen LogP contribution in [-0.2, 0) is 4.79 Å². The number of hydrogen-bond acceptors (Lipinski definition) is 3. The van der Waals surface area contributed by atoms with E-state index < -0.39 is 0 Å². The SMILES string of the molecule is N#Cc1cccc2c1[nH]c(=S)n2C1CCC(=O)NC1. The average molecular weight is 272 g/mol. The Labute approximate surface area is 114 Å². The summed E-state index contributed by atoms with van der Waals surface area (Å²) in [6.07, 6.45) is 1.28.